The molecule has 5 heteroatoms. The van der Waals surface area contributed by atoms with Gasteiger partial charge in [-0.2, -0.15) is 0 Å². The van der Waals surface area contributed by atoms with Crippen LogP contribution < -0.4 is 14.8 Å². The standard InChI is InChI=1S/C15H12BrNO3/c16-11-3-1-2-4-12(11)17-15(18)10-5-6-13-14(9-10)20-8-7-19-13/h1-6,9H,7-8H2,(H,17,18). The highest BCUT2D eigenvalue weighted by Crippen LogP contribution is 2.31. The zero-order valence-corrected chi connectivity index (χ0v) is 12.1. The van der Waals surface area contributed by atoms with Crippen molar-refractivity contribution in [2.45, 2.75) is 0 Å². The van der Waals surface area contributed by atoms with Gasteiger partial charge >= 0.3 is 0 Å². The second-order valence-corrected chi connectivity index (χ2v) is 5.15. The second-order valence-electron chi connectivity index (χ2n) is 4.29. The Kier molecular flexibility index (Phi) is 3.60. The number of halogens is 1. The minimum atomic E-state index is -0.186. The molecule has 1 aliphatic heterocycles. The summed E-state index contributed by atoms with van der Waals surface area (Å²) in [4.78, 5) is 12.2. The van der Waals surface area contributed by atoms with Gasteiger partial charge in [0.1, 0.15) is 13.2 Å². The number of hydrogen-bond acceptors (Lipinski definition) is 3. The fraction of sp³-hybridized carbons (Fsp3) is 0.133. The Labute approximate surface area is 124 Å². The quantitative estimate of drug-likeness (QED) is 0.915. The summed E-state index contributed by atoms with van der Waals surface area (Å²) in [6.07, 6.45) is 0. The number of hydrogen-bond donors (Lipinski definition) is 1. The number of carbonyl (C=O) groups excluding carboxylic acids is 1. The number of ether oxygens (including phenoxy) is 2. The largest absolute Gasteiger partial charge is 0.486 e. The molecule has 0 aromatic heterocycles. The molecule has 1 aliphatic rings. The maximum absolute atomic E-state index is 12.2. The van der Waals surface area contributed by atoms with E-state index in [0.29, 0.717) is 30.3 Å². The van der Waals surface area contributed by atoms with Crippen molar-refractivity contribution >= 4 is 27.5 Å². The summed E-state index contributed by atoms with van der Waals surface area (Å²) in [5.74, 6) is 1.10. The molecular formula is C15H12BrNO3. The minimum Gasteiger partial charge on any atom is -0.486 e. The molecule has 0 fully saturated rings. The van der Waals surface area contributed by atoms with E-state index >= 15 is 0 Å². The van der Waals surface area contributed by atoms with Crippen LogP contribution in [0.1, 0.15) is 10.4 Å². The van der Waals surface area contributed by atoms with E-state index in [-0.39, 0.29) is 5.91 Å². The van der Waals surface area contributed by atoms with Crippen LogP contribution in [-0.2, 0) is 0 Å². The molecule has 1 amide bonds. The van der Waals surface area contributed by atoms with E-state index in [1.165, 1.54) is 0 Å². The number of anilines is 1. The molecule has 0 aliphatic carbocycles. The molecule has 0 spiro atoms. The van der Waals surface area contributed by atoms with Crippen molar-refractivity contribution in [2.75, 3.05) is 18.5 Å². The molecule has 2 aromatic rings. The van der Waals surface area contributed by atoms with Crippen molar-refractivity contribution in [2.24, 2.45) is 0 Å². The summed E-state index contributed by atoms with van der Waals surface area (Å²) in [5.41, 5.74) is 1.26. The van der Waals surface area contributed by atoms with Gasteiger partial charge in [-0.25, -0.2) is 0 Å². The van der Waals surface area contributed by atoms with Crippen LogP contribution in [0, 0.1) is 0 Å². The van der Waals surface area contributed by atoms with Crippen LogP contribution in [0.25, 0.3) is 0 Å². The summed E-state index contributed by atoms with van der Waals surface area (Å²) in [6, 6.07) is 12.6. The zero-order chi connectivity index (χ0) is 13.9. The second kappa shape index (κ2) is 5.54. The summed E-state index contributed by atoms with van der Waals surface area (Å²) in [5, 5.41) is 2.85. The Hall–Kier alpha value is -2.01. The Morgan fingerprint density at radius 1 is 1.05 bits per heavy atom. The predicted octanol–water partition coefficient (Wildman–Crippen LogP) is 3.47. The Morgan fingerprint density at radius 3 is 2.60 bits per heavy atom. The smallest absolute Gasteiger partial charge is 0.255 e. The lowest BCUT2D eigenvalue weighted by atomic mass is 10.1. The molecule has 1 heterocycles. The third kappa shape index (κ3) is 2.63. The number of nitrogens with one attached hydrogen (secondary N) is 1. The van der Waals surface area contributed by atoms with Gasteiger partial charge in [0.2, 0.25) is 0 Å². The summed E-state index contributed by atoms with van der Waals surface area (Å²) < 4.78 is 11.7. The maximum Gasteiger partial charge on any atom is 0.255 e. The van der Waals surface area contributed by atoms with Crippen LogP contribution in [0.5, 0.6) is 11.5 Å². The van der Waals surface area contributed by atoms with Crippen LogP contribution in [-0.4, -0.2) is 19.1 Å². The number of amides is 1. The number of carbonyl (C=O) groups is 1. The van der Waals surface area contributed by atoms with E-state index in [0.717, 1.165) is 10.2 Å². The molecule has 3 rings (SSSR count). The first-order valence-electron chi connectivity index (χ1n) is 6.19. The van der Waals surface area contributed by atoms with Crippen molar-refractivity contribution in [3.05, 3.63) is 52.5 Å². The van der Waals surface area contributed by atoms with Gasteiger partial charge in [-0.15, -0.1) is 0 Å². The molecule has 20 heavy (non-hydrogen) atoms. The molecule has 0 saturated heterocycles. The first kappa shape index (κ1) is 13.0. The Bertz CT molecular complexity index is 657. The first-order chi connectivity index (χ1) is 9.74. The Balaban J connectivity index is 1.82. The molecule has 2 aromatic carbocycles. The summed E-state index contributed by atoms with van der Waals surface area (Å²) >= 11 is 3.40. The van der Waals surface area contributed by atoms with Gasteiger partial charge in [0.15, 0.2) is 11.5 Å². The lowest BCUT2D eigenvalue weighted by molar-refractivity contribution is 0.102. The van der Waals surface area contributed by atoms with Crippen molar-refractivity contribution in [3.63, 3.8) is 0 Å². The maximum atomic E-state index is 12.2. The van der Waals surface area contributed by atoms with E-state index < -0.39 is 0 Å². The molecule has 1 N–H and O–H groups in total. The average molecular weight is 334 g/mol. The van der Waals surface area contributed by atoms with Crippen molar-refractivity contribution < 1.29 is 14.3 Å². The summed E-state index contributed by atoms with van der Waals surface area (Å²) in [7, 11) is 0. The number of rotatable bonds is 2. The van der Waals surface area contributed by atoms with Gasteiger partial charge in [0.25, 0.3) is 5.91 Å². The van der Waals surface area contributed by atoms with E-state index in [4.69, 9.17) is 9.47 Å². The van der Waals surface area contributed by atoms with Crippen molar-refractivity contribution in [1.29, 1.82) is 0 Å². The van der Waals surface area contributed by atoms with E-state index in [2.05, 4.69) is 21.2 Å². The molecule has 0 saturated carbocycles. The lowest BCUT2D eigenvalue weighted by Crippen LogP contribution is -2.17. The van der Waals surface area contributed by atoms with Gasteiger partial charge in [0, 0.05) is 10.0 Å². The predicted molar refractivity (Wildman–Crippen MR) is 79.5 cm³/mol. The van der Waals surface area contributed by atoms with Crippen LogP contribution in [0.4, 0.5) is 5.69 Å². The van der Waals surface area contributed by atoms with Crippen LogP contribution in [0.2, 0.25) is 0 Å². The van der Waals surface area contributed by atoms with Gasteiger partial charge in [-0.05, 0) is 46.3 Å². The molecule has 0 radical (unpaired) electrons. The monoisotopic (exact) mass is 333 g/mol. The highest BCUT2D eigenvalue weighted by atomic mass is 79.9. The first-order valence-corrected chi connectivity index (χ1v) is 6.99. The number of fused-ring (bicyclic) bond motifs is 1. The van der Waals surface area contributed by atoms with Gasteiger partial charge in [-0.3, -0.25) is 4.79 Å². The average Bonchev–Trinajstić information content (AvgIpc) is 2.49. The van der Waals surface area contributed by atoms with Gasteiger partial charge < -0.3 is 14.8 Å². The van der Waals surface area contributed by atoms with Crippen molar-refractivity contribution in [1.82, 2.24) is 0 Å². The number of para-hydroxylation sites is 1. The van der Waals surface area contributed by atoms with Crippen LogP contribution in [0.15, 0.2) is 46.9 Å². The molecule has 0 bridgehead atoms. The normalized spacial score (nSPS) is 12.8. The topological polar surface area (TPSA) is 47.6 Å². The van der Waals surface area contributed by atoms with Crippen LogP contribution >= 0.6 is 15.9 Å². The third-order valence-electron chi connectivity index (χ3n) is 2.93. The van der Waals surface area contributed by atoms with Gasteiger partial charge in [-0.1, -0.05) is 12.1 Å². The molecule has 0 unspecified atom stereocenters. The van der Waals surface area contributed by atoms with E-state index in [1.807, 2.05) is 24.3 Å². The molecule has 4 nitrogen and oxygen atoms in total. The molecule has 0 atom stereocenters. The van der Waals surface area contributed by atoms with E-state index in [1.54, 1.807) is 18.2 Å². The number of benzene rings is 2. The SMILES string of the molecule is O=C(Nc1ccccc1Br)c1ccc2c(c1)OCCO2. The highest BCUT2D eigenvalue weighted by Gasteiger charge is 2.15. The summed E-state index contributed by atoms with van der Waals surface area (Å²) in [6.45, 7) is 1.04. The fourth-order valence-electron chi connectivity index (χ4n) is 1.94. The van der Waals surface area contributed by atoms with E-state index in [9.17, 15) is 4.79 Å². The van der Waals surface area contributed by atoms with Crippen molar-refractivity contribution in [3.8, 4) is 11.5 Å². The third-order valence-corrected chi connectivity index (χ3v) is 3.62. The molecule has 102 valence electrons. The minimum absolute atomic E-state index is 0.186. The zero-order valence-electron chi connectivity index (χ0n) is 10.6. The fourth-order valence-corrected chi connectivity index (χ4v) is 2.33. The lowest BCUT2D eigenvalue weighted by Gasteiger charge is -2.18. The highest BCUT2D eigenvalue weighted by molar-refractivity contribution is 9.10. The Morgan fingerprint density at radius 2 is 1.80 bits per heavy atom. The van der Waals surface area contributed by atoms with Crippen LogP contribution in [0.3, 0.4) is 0 Å². The molecular weight excluding hydrogens is 322 g/mol. The van der Waals surface area contributed by atoms with Gasteiger partial charge in [0.05, 0.1) is 5.69 Å².